The van der Waals surface area contributed by atoms with Crippen molar-refractivity contribution >= 4 is 11.8 Å². The normalized spacial score (nSPS) is 23.4. The van der Waals surface area contributed by atoms with Crippen LogP contribution in [-0.4, -0.2) is 11.0 Å². The second-order valence-corrected chi connectivity index (χ2v) is 7.34. The third-order valence-electron chi connectivity index (χ3n) is 3.78. The first-order valence-electron chi connectivity index (χ1n) is 6.67. The molecule has 0 aromatic rings. The van der Waals surface area contributed by atoms with Crippen molar-refractivity contribution in [2.45, 2.75) is 44.8 Å². The Kier molecular flexibility index (Phi) is 11.0. The molecule has 1 radical (unpaired) electrons. The number of hydrogen-bond acceptors (Lipinski definition) is 1. The van der Waals surface area contributed by atoms with Gasteiger partial charge >= 0.3 is 21.7 Å². The second-order valence-electron chi connectivity index (χ2n) is 6.15. The molecule has 21 heavy (non-hydrogen) atoms. The summed E-state index contributed by atoms with van der Waals surface area (Å²) in [6.07, 6.45) is 20.3. The van der Waals surface area contributed by atoms with Gasteiger partial charge in [-0.3, -0.25) is 6.08 Å². The van der Waals surface area contributed by atoms with E-state index in [1.54, 1.807) is 5.57 Å². The molecule has 1 unspecified atom stereocenters. The van der Waals surface area contributed by atoms with Crippen molar-refractivity contribution < 1.29 is 46.5 Å². The third-order valence-corrected chi connectivity index (χ3v) is 5.09. The van der Waals surface area contributed by atoms with Gasteiger partial charge in [-0.1, -0.05) is 39.0 Å². The Hall–Kier alpha value is 0.604. The van der Waals surface area contributed by atoms with E-state index >= 15 is 0 Å². The summed E-state index contributed by atoms with van der Waals surface area (Å²) in [6.45, 7) is 6.97. The minimum Gasteiger partial charge on any atom is -1.00 e. The van der Waals surface area contributed by atoms with E-state index in [-0.39, 0.29) is 56.7 Å². The van der Waals surface area contributed by atoms with Crippen LogP contribution in [0.1, 0.15) is 40.0 Å². The first kappa shape index (κ1) is 23.9. The van der Waals surface area contributed by atoms with Crippen LogP contribution in [0, 0.1) is 11.5 Å². The number of allylic oxidation sites excluding steroid dienone is 7. The van der Waals surface area contributed by atoms with E-state index in [0.29, 0.717) is 0 Å². The molecular weight excluding hydrogens is 355 g/mol. The molecule has 0 spiro atoms. The van der Waals surface area contributed by atoms with Crippen LogP contribution in [0.4, 0.5) is 0 Å². The minimum absolute atomic E-state index is 0. The van der Waals surface area contributed by atoms with E-state index < -0.39 is 0 Å². The molecule has 0 saturated heterocycles. The van der Waals surface area contributed by atoms with Gasteiger partial charge in [-0.15, -0.1) is 6.42 Å². The third kappa shape index (κ3) is 5.63. The quantitative estimate of drug-likeness (QED) is 0.454. The van der Waals surface area contributed by atoms with Crippen LogP contribution in [0.15, 0.2) is 41.5 Å². The van der Waals surface area contributed by atoms with Gasteiger partial charge < -0.3 is 24.8 Å². The van der Waals surface area contributed by atoms with Gasteiger partial charge in [0.1, 0.15) is 0 Å². The molecular formula is C17H23Cl2STi. The molecule has 0 aromatic carbocycles. The largest absolute Gasteiger partial charge is 3.00 e. The predicted octanol–water partition coefficient (Wildman–Crippen LogP) is -0.894. The maximum atomic E-state index is 3.48. The van der Waals surface area contributed by atoms with E-state index in [9.17, 15) is 0 Å². The molecule has 0 N–H and O–H groups in total. The Morgan fingerprint density at radius 1 is 1.24 bits per heavy atom. The Morgan fingerprint density at radius 3 is 2.38 bits per heavy atom. The fourth-order valence-electron chi connectivity index (χ4n) is 2.93. The number of halogens is 2. The first-order chi connectivity index (χ1) is 8.48. The van der Waals surface area contributed by atoms with Crippen LogP contribution in [-0.2, 0) is 21.7 Å². The smallest absolute Gasteiger partial charge is 1.00 e. The summed E-state index contributed by atoms with van der Waals surface area (Å²) in [5, 5.41) is 0. The summed E-state index contributed by atoms with van der Waals surface area (Å²) in [5.41, 5.74) is 3.19. The van der Waals surface area contributed by atoms with Gasteiger partial charge in [-0.25, -0.2) is 11.6 Å². The van der Waals surface area contributed by atoms with Crippen LogP contribution >= 0.6 is 11.8 Å². The average Bonchev–Trinajstić information content (AvgIpc) is 2.81. The van der Waals surface area contributed by atoms with Gasteiger partial charge in [0.2, 0.25) is 0 Å². The van der Waals surface area contributed by atoms with Crippen molar-refractivity contribution in [3.8, 4) is 0 Å². The van der Waals surface area contributed by atoms with Gasteiger partial charge in [-0.05, 0) is 30.1 Å². The topological polar surface area (TPSA) is 0 Å². The molecule has 0 aliphatic heterocycles. The van der Waals surface area contributed by atoms with Crippen LogP contribution in [0.25, 0.3) is 0 Å². The van der Waals surface area contributed by atoms with E-state index in [0.717, 1.165) is 19.3 Å². The summed E-state index contributed by atoms with van der Waals surface area (Å²) in [7, 11) is 0. The molecule has 0 fully saturated rings. The molecule has 115 valence electrons. The second kappa shape index (κ2) is 9.68. The van der Waals surface area contributed by atoms with E-state index in [1.807, 2.05) is 11.8 Å². The van der Waals surface area contributed by atoms with E-state index in [4.69, 9.17) is 0 Å². The van der Waals surface area contributed by atoms with E-state index in [2.05, 4.69) is 63.5 Å². The molecule has 0 aromatic heterocycles. The van der Waals surface area contributed by atoms with Crippen LogP contribution < -0.4 is 24.8 Å². The fraction of sp³-hybridized carbons (Fsp3) is 0.529. The molecule has 2 rings (SSSR count). The fourth-order valence-corrected chi connectivity index (χ4v) is 4.09. The molecule has 4 heteroatoms. The number of thioether (sulfide) groups is 1. The number of hydrogen-bond donors (Lipinski definition) is 0. The van der Waals surface area contributed by atoms with Gasteiger partial charge in [0.15, 0.2) is 0 Å². The molecule has 2 aliphatic carbocycles. The summed E-state index contributed by atoms with van der Waals surface area (Å²) in [6, 6.07) is 0. The monoisotopic (exact) mass is 377 g/mol. The first-order valence-corrected chi connectivity index (χ1v) is 7.90. The van der Waals surface area contributed by atoms with Crippen molar-refractivity contribution in [1.82, 2.24) is 0 Å². The zero-order valence-electron chi connectivity index (χ0n) is 13.2. The summed E-state index contributed by atoms with van der Waals surface area (Å²) < 4.78 is 0.226. The molecule has 2 aliphatic rings. The Bertz CT molecular complexity index is 444. The van der Waals surface area contributed by atoms with Crippen molar-refractivity contribution in [2.75, 3.05) is 6.26 Å². The molecule has 0 bridgehead atoms. The molecule has 0 saturated carbocycles. The van der Waals surface area contributed by atoms with Crippen LogP contribution in [0.3, 0.4) is 0 Å². The maximum absolute atomic E-state index is 3.48. The van der Waals surface area contributed by atoms with Crippen LogP contribution in [0.5, 0.6) is 0 Å². The summed E-state index contributed by atoms with van der Waals surface area (Å²) in [4.78, 5) is 0. The Balaban J connectivity index is 0. The van der Waals surface area contributed by atoms with Crippen LogP contribution in [0.2, 0.25) is 0 Å². The number of rotatable bonds is 3. The Morgan fingerprint density at radius 2 is 1.90 bits per heavy atom. The zero-order valence-corrected chi connectivity index (χ0v) is 17.1. The minimum atomic E-state index is 0. The van der Waals surface area contributed by atoms with Gasteiger partial charge in [0, 0.05) is 4.75 Å². The SMILES string of the molecule is CSC1(CC2=[C-]CC=C2)CC=CC=C1C(C)(C)C.[Cl-].[Cl-].[Ti+3]. The van der Waals surface area contributed by atoms with Crippen molar-refractivity contribution in [3.63, 3.8) is 0 Å². The summed E-state index contributed by atoms with van der Waals surface area (Å²) in [5.74, 6) is 0. The molecule has 0 heterocycles. The van der Waals surface area contributed by atoms with Gasteiger partial charge in [0.25, 0.3) is 0 Å². The van der Waals surface area contributed by atoms with Crippen molar-refractivity contribution in [3.05, 3.63) is 47.6 Å². The molecule has 1 atom stereocenters. The van der Waals surface area contributed by atoms with Gasteiger partial charge in [-0.2, -0.15) is 17.8 Å². The molecule has 0 nitrogen and oxygen atoms in total. The van der Waals surface area contributed by atoms with E-state index in [1.165, 1.54) is 5.57 Å². The summed E-state index contributed by atoms with van der Waals surface area (Å²) >= 11 is 2.00. The molecule has 0 amide bonds. The standard InChI is InChI=1S/C17H23S.2ClH.Ti/c1-16(2,3)15-11-7-8-12-17(15,18-4)13-14-9-5-6-10-14;;;/h5,7-9,11H,6,12-13H2,1-4H3;2*1H;/q-1;;;+3/p-2. The zero-order chi connectivity index (χ0) is 13.2. The van der Waals surface area contributed by atoms with Gasteiger partial charge in [0.05, 0.1) is 0 Å². The average molecular weight is 378 g/mol. The predicted molar refractivity (Wildman–Crippen MR) is 82.7 cm³/mol. The maximum Gasteiger partial charge on any atom is 3.00 e. The Labute approximate surface area is 161 Å². The van der Waals surface area contributed by atoms with Crippen molar-refractivity contribution in [2.24, 2.45) is 5.41 Å². The van der Waals surface area contributed by atoms with Crippen molar-refractivity contribution in [1.29, 1.82) is 0 Å².